The van der Waals surface area contributed by atoms with Crippen LogP contribution in [0.25, 0.3) is 0 Å². The van der Waals surface area contributed by atoms with Gasteiger partial charge in [0.25, 0.3) is 0 Å². The van der Waals surface area contributed by atoms with E-state index in [1.54, 1.807) is 0 Å². The van der Waals surface area contributed by atoms with E-state index in [-0.39, 0.29) is 17.7 Å². The average Bonchev–Trinajstić information content (AvgIpc) is 3.15. The monoisotopic (exact) mass is 291 g/mol. The van der Waals surface area contributed by atoms with E-state index in [9.17, 15) is 9.59 Å². The third kappa shape index (κ3) is 3.36. The number of hydrogen-bond acceptors (Lipinski definition) is 3. The van der Waals surface area contributed by atoms with Gasteiger partial charge in [-0.1, -0.05) is 13.8 Å². The number of carbonyl (C=O) groups excluding carboxylic acids is 2. The SMILES string of the molecule is CCc1[nH]c(C(=O)OC(C)(C)C)c(CC)c1C(=O)C1CC1. The molecule has 0 amide bonds. The van der Waals surface area contributed by atoms with Crippen molar-refractivity contribution >= 4 is 11.8 Å². The van der Waals surface area contributed by atoms with E-state index in [1.807, 2.05) is 34.6 Å². The minimum absolute atomic E-state index is 0.155. The highest BCUT2D eigenvalue weighted by Crippen LogP contribution is 2.36. The van der Waals surface area contributed by atoms with Gasteiger partial charge in [-0.2, -0.15) is 0 Å². The molecule has 0 saturated heterocycles. The standard InChI is InChI=1S/C17H25NO3/c1-6-11-13(15(19)10-8-9-10)12(7-2)18-14(11)16(20)21-17(3,4)5/h10,18H,6-9H2,1-5H3. The first-order valence-electron chi connectivity index (χ1n) is 7.79. The van der Waals surface area contributed by atoms with Crippen molar-refractivity contribution in [2.75, 3.05) is 0 Å². The molecule has 0 bridgehead atoms. The van der Waals surface area contributed by atoms with E-state index >= 15 is 0 Å². The number of esters is 1. The molecule has 1 heterocycles. The second-order valence-electron chi connectivity index (χ2n) is 6.68. The predicted molar refractivity (Wildman–Crippen MR) is 81.8 cm³/mol. The van der Waals surface area contributed by atoms with E-state index in [1.165, 1.54) is 0 Å². The Morgan fingerprint density at radius 1 is 1.19 bits per heavy atom. The van der Waals surface area contributed by atoms with Crippen molar-refractivity contribution in [2.24, 2.45) is 5.92 Å². The number of ether oxygens (including phenoxy) is 1. The largest absolute Gasteiger partial charge is 0.455 e. The molecule has 0 unspecified atom stereocenters. The summed E-state index contributed by atoms with van der Waals surface area (Å²) in [6, 6.07) is 0. The molecule has 21 heavy (non-hydrogen) atoms. The molecular formula is C17H25NO3. The van der Waals surface area contributed by atoms with Gasteiger partial charge in [0, 0.05) is 17.2 Å². The van der Waals surface area contributed by atoms with E-state index in [2.05, 4.69) is 4.98 Å². The molecule has 0 radical (unpaired) electrons. The highest BCUT2D eigenvalue weighted by atomic mass is 16.6. The summed E-state index contributed by atoms with van der Waals surface area (Å²) >= 11 is 0. The van der Waals surface area contributed by atoms with Gasteiger partial charge in [0.1, 0.15) is 11.3 Å². The Balaban J connectivity index is 2.42. The molecule has 0 spiro atoms. The topological polar surface area (TPSA) is 59.2 Å². The fourth-order valence-corrected chi connectivity index (χ4v) is 2.57. The maximum atomic E-state index is 12.5. The second-order valence-corrected chi connectivity index (χ2v) is 6.68. The van der Waals surface area contributed by atoms with E-state index in [0.717, 1.165) is 29.7 Å². The van der Waals surface area contributed by atoms with Gasteiger partial charge in [-0.15, -0.1) is 0 Å². The predicted octanol–water partition coefficient (Wildman–Crippen LogP) is 3.69. The summed E-state index contributed by atoms with van der Waals surface area (Å²) in [5.74, 6) is -0.0263. The number of rotatable bonds is 5. The number of nitrogens with one attached hydrogen (secondary N) is 1. The quantitative estimate of drug-likeness (QED) is 0.665. The van der Waals surface area contributed by atoms with Crippen LogP contribution in [0.3, 0.4) is 0 Å². The Labute approximate surface area is 126 Å². The fourth-order valence-electron chi connectivity index (χ4n) is 2.57. The minimum Gasteiger partial charge on any atom is -0.455 e. The smallest absolute Gasteiger partial charge is 0.355 e. The minimum atomic E-state index is -0.541. The summed E-state index contributed by atoms with van der Waals surface area (Å²) < 4.78 is 5.45. The lowest BCUT2D eigenvalue weighted by Gasteiger charge is -2.19. The lowest BCUT2D eigenvalue weighted by molar-refractivity contribution is 0.00622. The number of carbonyl (C=O) groups is 2. The highest BCUT2D eigenvalue weighted by molar-refractivity contribution is 6.04. The van der Waals surface area contributed by atoms with Crippen LogP contribution in [0.4, 0.5) is 0 Å². The van der Waals surface area contributed by atoms with Gasteiger partial charge in [-0.25, -0.2) is 4.79 Å². The van der Waals surface area contributed by atoms with Crippen LogP contribution < -0.4 is 0 Å². The first-order chi connectivity index (χ1) is 9.78. The van der Waals surface area contributed by atoms with Gasteiger partial charge in [0.2, 0.25) is 0 Å². The molecule has 1 aromatic heterocycles. The van der Waals surface area contributed by atoms with Crippen LogP contribution in [0, 0.1) is 5.92 Å². The molecule has 1 fully saturated rings. The molecule has 4 heteroatoms. The number of aromatic amines is 1. The molecule has 1 N–H and O–H groups in total. The van der Waals surface area contributed by atoms with Gasteiger partial charge < -0.3 is 9.72 Å². The molecule has 1 aliphatic carbocycles. The molecule has 0 aromatic carbocycles. The molecule has 2 rings (SSSR count). The van der Waals surface area contributed by atoms with Crippen LogP contribution >= 0.6 is 0 Å². The van der Waals surface area contributed by atoms with Gasteiger partial charge in [-0.05, 0) is 52.0 Å². The van der Waals surface area contributed by atoms with Crippen molar-refractivity contribution in [3.63, 3.8) is 0 Å². The van der Waals surface area contributed by atoms with Gasteiger partial charge in [0.15, 0.2) is 5.78 Å². The average molecular weight is 291 g/mol. The van der Waals surface area contributed by atoms with Crippen LogP contribution in [0.15, 0.2) is 0 Å². The Bertz CT molecular complexity index is 559. The molecule has 4 nitrogen and oxygen atoms in total. The van der Waals surface area contributed by atoms with Crippen LogP contribution in [0.2, 0.25) is 0 Å². The third-order valence-electron chi connectivity index (χ3n) is 3.69. The van der Waals surface area contributed by atoms with Crippen LogP contribution in [0.5, 0.6) is 0 Å². The van der Waals surface area contributed by atoms with Crippen LogP contribution in [-0.2, 0) is 17.6 Å². The summed E-state index contributed by atoms with van der Waals surface area (Å²) in [6.07, 6.45) is 3.30. The molecular weight excluding hydrogens is 266 g/mol. The maximum Gasteiger partial charge on any atom is 0.355 e. The summed E-state index contributed by atoms with van der Waals surface area (Å²) in [7, 11) is 0. The number of aromatic nitrogens is 1. The Morgan fingerprint density at radius 2 is 1.81 bits per heavy atom. The molecule has 0 atom stereocenters. The zero-order valence-corrected chi connectivity index (χ0v) is 13.6. The maximum absolute atomic E-state index is 12.5. The second kappa shape index (κ2) is 5.66. The summed E-state index contributed by atoms with van der Waals surface area (Å²) in [4.78, 5) is 28.0. The van der Waals surface area contributed by atoms with E-state index in [0.29, 0.717) is 18.5 Å². The Morgan fingerprint density at radius 3 is 2.24 bits per heavy atom. The first-order valence-corrected chi connectivity index (χ1v) is 7.79. The third-order valence-corrected chi connectivity index (χ3v) is 3.69. The number of Topliss-reactive ketones (excluding diaryl/α,β-unsaturated/α-hetero) is 1. The molecule has 1 aromatic rings. The fraction of sp³-hybridized carbons (Fsp3) is 0.647. The normalized spacial score (nSPS) is 15.1. The van der Waals surface area contributed by atoms with Crippen molar-refractivity contribution in [1.82, 2.24) is 4.98 Å². The van der Waals surface area contributed by atoms with E-state index < -0.39 is 5.60 Å². The number of hydrogen-bond donors (Lipinski definition) is 1. The van der Waals surface area contributed by atoms with Crippen molar-refractivity contribution in [2.45, 2.75) is 65.9 Å². The molecule has 1 aliphatic rings. The number of ketones is 1. The Kier molecular flexibility index (Phi) is 4.26. The van der Waals surface area contributed by atoms with Crippen molar-refractivity contribution in [3.05, 3.63) is 22.5 Å². The number of aryl methyl sites for hydroxylation is 1. The lowest BCUT2D eigenvalue weighted by atomic mass is 9.98. The van der Waals surface area contributed by atoms with Crippen molar-refractivity contribution in [1.29, 1.82) is 0 Å². The summed E-state index contributed by atoms with van der Waals surface area (Å²) in [5, 5.41) is 0. The van der Waals surface area contributed by atoms with Crippen LogP contribution in [-0.4, -0.2) is 22.3 Å². The molecule has 116 valence electrons. The van der Waals surface area contributed by atoms with Crippen molar-refractivity contribution < 1.29 is 14.3 Å². The number of H-pyrrole nitrogens is 1. The highest BCUT2D eigenvalue weighted by Gasteiger charge is 2.35. The summed E-state index contributed by atoms with van der Waals surface area (Å²) in [6.45, 7) is 9.50. The first kappa shape index (κ1) is 15.8. The zero-order valence-electron chi connectivity index (χ0n) is 13.6. The Hall–Kier alpha value is -1.58. The summed E-state index contributed by atoms with van der Waals surface area (Å²) in [5.41, 5.74) is 2.33. The molecule has 1 saturated carbocycles. The van der Waals surface area contributed by atoms with Gasteiger partial charge >= 0.3 is 5.97 Å². The molecule has 0 aliphatic heterocycles. The lowest BCUT2D eigenvalue weighted by Crippen LogP contribution is -2.24. The van der Waals surface area contributed by atoms with E-state index in [4.69, 9.17) is 4.74 Å². The zero-order chi connectivity index (χ0) is 15.8. The van der Waals surface area contributed by atoms with Crippen molar-refractivity contribution in [3.8, 4) is 0 Å². The van der Waals surface area contributed by atoms with Gasteiger partial charge in [-0.3, -0.25) is 4.79 Å². The van der Waals surface area contributed by atoms with Gasteiger partial charge in [0.05, 0.1) is 0 Å². The van der Waals surface area contributed by atoms with Crippen LogP contribution in [0.1, 0.15) is 79.6 Å².